The second-order valence-electron chi connectivity index (χ2n) is 6.25. The number of aromatic nitrogens is 1. The van der Waals surface area contributed by atoms with Crippen molar-refractivity contribution in [1.82, 2.24) is 9.46 Å². The molecule has 1 saturated heterocycles. The molecule has 1 aromatic heterocycles. The van der Waals surface area contributed by atoms with Crippen LogP contribution in [-0.4, -0.2) is 38.6 Å². The number of rotatable bonds is 6. The van der Waals surface area contributed by atoms with Gasteiger partial charge in [-0.25, -0.2) is 8.42 Å². The standard InChI is InChI=1S/C18H24N2O5S/c1-5-15-18(12(2)19-25-15)14-7-6-10-20(14)26(21,22)13-8-9-16(23-3)17(11-13)24-4/h8-9,11,14H,5-7,10H2,1-4H3/t14-/m1/s1. The van der Waals surface area contributed by atoms with Gasteiger partial charge in [-0.2, -0.15) is 4.31 Å². The normalized spacial score (nSPS) is 18.2. The highest BCUT2D eigenvalue weighted by atomic mass is 32.2. The van der Waals surface area contributed by atoms with E-state index in [2.05, 4.69) is 5.16 Å². The molecule has 1 aromatic carbocycles. The fourth-order valence-corrected chi connectivity index (χ4v) is 5.22. The lowest BCUT2D eigenvalue weighted by Crippen LogP contribution is -2.31. The van der Waals surface area contributed by atoms with Crippen LogP contribution in [0.5, 0.6) is 11.5 Å². The first-order chi connectivity index (χ1) is 12.4. The van der Waals surface area contributed by atoms with E-state index in [0.29, 0.717) is 24.5 Å². The Morgan fingerprint density at radius 2 is 2.00 bits per heavy atom. The first kappa shape index (κ1) is 18.7. The lowest BCUT2D eigenvalue weighted by Gasteiger charge is -2.24. The van der Waals surface area contributed by atoms with Crippen LogP contribution in [0.3, 0.4) is 0 Å². The molecule has 0 unspecified atom stereocenters. The third-order valence-corrected chi connectivity index (χ3v) is 6.71. The van der Waals surface area contributed by atoms with E-state index in [1.165, 1.54) is 20.3 Å². The van der Waals surface area contributed by atoms with Crippen molar-refractivity contribution in [3.63, 3.8) is 0 Å². The maximum Gasteiger partial charge on any atom is 0.243 e. The minimum Gasteiger partial charge on any atom is -0.493 e. The number of methoxy groups -OCH3 is 2. The van der Waals surface area contributed by atoms with E-state index >= 15 is 0 Å². The average Bonchev–Trinajstić information content (AvgIpc) is 3.27. The number of nitrogens with zero attached hydrogens (tertiary/aromatic N) is 2. The van der Waals surface area contributed by atoms with Crippen LogP contribution in [0.1, 0.15) is 42.8 Å². The summed E-state index contributed by atoms with van der Waals surface area (Å²) in [6.45, 7) is 4.30. The highest BCUT2D eigenvalue weighted by molar-refractivity contribution is 7.89. The van der Waals surface area contributed by atoms with Crippen LogP contribution in [0.2, 0.25) is 0 Å². The second-order valence-corrected chi connectivity index (χ2v) is 8.14. The van der Waals surface area contributed by atoms with E-state index in [4.69, 9.17) is 14.0 Å². The Hall–Kier alpha value is -2.06. The molecule has 8 heteroatoms. The molecule has 1 fully saturated rings. The summed E-state index contributed by atoms with van der Waals surface area (Å²) in [5, 5.41) is 4.04. The number of ether oxygens (including phenoxy) is 2. The molecule has 2 aromatic rings. The topological polar surface area (TPSA) is 81.9 Å². The van der Waals surface area contributed by atoms with E-state index in [1.807, 2.05) is 13.8 Å². The average molecular weight is 380 g/mol. The Morgan fingerprint density at radius 1 is 1.27 bits per heavy atom. The zero-order chi connectivity index (χ0) is 18.9. The van der Waals surface area contributed by atoms with Gasteiger partial charge in [-0.15, -0.1) is 0 Å². The Labute approximate surface area is 153 Å². The zero-order valence-electron chi connectivity index (χ0n) is 15.5. The van der Waals surface area contributed by atoms with Crippen molar-refractivity contribution in [3.8, 4) is 11.5 Å². The molecule has 0 spiro atoms. The third kappa shape index (κ3) is 3.07. The van der Waals surface area contributed by atoms with Crippen LogP contribution in [0.15, 0.2) is 27.6 Å². The molecule has 1 aliphatic heterocycles. The summed E-state index contributed by atoms with van der Waals surface area (Å²) in [6.07, 6.45) is 2.23. The van der Waals surface area contributed by atoms with E-state index in [0.717, 1.165) is 29.9 Å². The van der Waals surface area contributed by atoms with Crippen molar-refractivity contribution in [3.05, 3.63) is 35.2 Å². The van der Waals surface area contributed by atoms with Crippen molar-refractivity contribution in [2.24, 2.45) is 0 Å². The molecule has 142 valence electrons. The summed E-state index contributed by atoms with van der Waals surface area (Å²) in [4.78, 5) is 0.189. The Balaban J connectivity index is 2.02. The van der Waals surface area contributed by atoms with Crippen LogP contribution in [0.25, 0.3) is 0 Å². The Kier molecular flexibility index (Phi) is 5.24. The lowest BCUT2D eigenvalue weighted by molar-refractivity contribution is 0.352. The molecule has 0 N–H and O–H groups in total. The quantitative estimate of drug-likeness (QED) is 0.766. The molecule has 7 nitrogen and oxygen atoms in total. The van der Waals surface area contributed by atoms with Gasteiger partial charge in [0.25, 0.3) is 0 Å². The molecule has 3 rings (SSSR count). The number of hydrogen-bond acceptors (Lipinski definition) is 6. The molecule has 26 heavy (non-hydrogen) atoms. The molecular formula is C18H24N2O5S. The van der Waals surface area contributed by atoms with Crippen LogP contribution >= 0.6 is 0 Å². The predicted octanol–water partition coefficient (Wildman–Crippen LogP) is 3.09. The molecule has 0 amide bonds. The van der Waals surface area contributed by atoms with Crippen molar-refractivity contribution >= 4 is 10.0 Å². The van der Waals surface area contributed by atoms with Gasteiger partial charge in [0.1, 0.15) is 5.76 Å². The Morgan fingerprint density at radius 3 is 2.65 bits per heavy atom. The summed E-state index contributed by atoms with van der Waals surface area (Å²) < 4.78 is 44.0. The summed E-state index contributed by atoms with van der Waals surface area (Å²) in [5.41, 5.74) is 1.65. The third-order valence-electron chi connectivity index (χ3n) is 4.80. The van der Waals surface area contributed by atoms with Crippen LogP contribution in [0, 0.1) is 6.92 Å². The number of benzene rings is 1. The highest BCUT2D eigenvalue weighted by Gasteiger charge is 2.39. The monoisotopic (exact) mass is 380 g/mol. The molecule has 0 aliphatic carbocycles. The van der Waals surface area contributed by atoms with Gasteiger partial charge >= 0.3 is 0 Å². The highest BCUT2D eigenvalue weighted by Crippen LogP contribution is 2.40. The minimum atomic E-state index is -3.68. The SMILES string of the molecule is CCc1onc(C)c1[C@H]1CCCN1S(=O)(=O)c1ccc(OC)c(OC)c1. The van der Waals surface area contributed by atoms with E-state index in [-0.39, 0.29) is 10.9 Å². The molecule has 0 bridgehead atoms. The predicted molar refractivity (Wildman–Crippen MR) is 96.0 cm³/mol. The molecule has 2 heterocycles. The minimum absolute atomic E-state index is 0.189. The first-order valence-electron chi connectivity index (χ1n) is 8.63. The number of aryl methyl sites for hydroxylation is 2. The zero-order valence-corrected chi connectivity index (χ0v) is 16.3. The van der Waals surface area contributed by atoms with Crippen molar-refractivity contribution < 1.29 is 22.4 Å². The van der Waals surface area contributed by atoms with Gasteiger partial charge in [-0.05, 0) is 31.9 Å². The van der Waals surface area contributed by atoms with Gasteiger partial charge in [0.2, 0.25) is 10.0 Å². The molecule has 1 aliphatic rings. The van der Waals surface area contributed by atoms with Gasteiger partial charge in [0, 0.05) is 24.6 Å². The van der Waals surface area contributed by atoms with E-state index < -0.39 is 10.0 Å². The fourth-order valence-electron chi connectivity index (χ4n) is 3.53. The maximum atomic E-state index is 13.3. The maximum absolute atomic E-state index is 13.3. The van der Waals surface area contributed by atoms with Gasteiger partial charge < -0.3 is 14.0 Å². The van der Waals surface area contributed by atoms with Gasteiger partial charge in [0.05, 0.1) is 30.9 Å². The van der Waals surface area contributed by atoms with Crippen LogP contribution < -0.4 is 9.47 Å². The van der Waals surface area contributed by atoms with Crippen molar-refractivity contribution in [2.45, 2.75) is 44.0 Å². The summed E-state index contributed by atoms with van der Waals surface area (Å²) >= 11 is 0. The second kappa shape index (κ2) is 7.28. The summed E-state index contributed by atoms with van der Waals surface area (Å²) in [6, 6.07) is 4.41. The largest absolute Gasteiger partial charge is 0.493 e. The summed E-state index contributed by atoms with van der Waals surface area (Å²) in [5.74, 6) is 1.63. The summed E-state index contributed by atoms with van der Waals surface area (Å²) in [7, 11) is -0.681. The van der Waals surface area contributed by atoms with Crippen molar-refractivity contribution in [1.29, 1.82) is 0 Å². The molecule has 0 radical (unpaired) electrons. The Bertz CT molecular complexity index is 891. The lowest BCUT2D eigenvalue weighted by atomic mass is 10.0. The van der Waals surface area contributed by atoms with E-state index in [9.17, 15) is 8.42 Å². The van der Waals surface area contributed by atoms with Crippen molar-refractivity contribution in [2.75, 3.05) is 20.8 Å². The fraction of sp³-hybridized carbons (Fsp3) is 0.500. The van der Waals surface area contributed by atoms with Crippen LogP contribution in [-0.2, 0) is 16.4 Å². The molecule has 0 saturated carbocycles. The molecular weight excluding hydrogens is 356 g/mol. The van der Waals surface area contributed by atoms with Gasteiger partial charge in [-0.3, -0.25) is 0 Å². The van der Waals surface area contributed by atoms with Crippen LogP contribution in [0.4, 0.5) is 0 Å². The van der Waals surface area contributed by atoms with Gasteiger partial charge in [-0.1, -0.05) is 12.1 Å². The number of hydrogen-bond donors (Lipinski definition) is 0. The number of sulfonamides is 1. The van der Waals surface area contributed by atoms with E-state index in [1.54, 1.807) is 16.4 Å². The van der Waals surface area contributed by atoms with Gasteiger partial charge in [0.15, 0.2) is 11.5 Å². The first-order valence-corrected chi connectivity index (χ1v) is 10.1. The smallest absolute Gasteiger partial charge is 0.243 e. The molecule has 1 atom stereocenters.